The SMILES string of the molecule is Cn1cnc2ncn(Cc3nc([C@@H]4[C@@H]5CN(c6ccc7c(c6)CCCC7)C[C@@H]54)no3)c(=O)c21. The average molecular weight is 444 g/mol. The molecule has 0 amide bonds. The van der Waals surface area contributed by atoms with Crippen molar-refractivity contribution < 1.29 is 4.52 Å². The lowest BCUT2D eigenvalue weighted by atomic mass is 9.91. The van der Waals surface area contributed by atoms with E-state index in [0.29, 0.717) is 34.8 Å². The van der Waals surface area contributed by atoms with E-state index in [9.17, 15) is 4.79 Å². The number of rotatable bonds is 4. The molecule has 4 aromatic rings. The lowest BCUT2D eigenvalue weighted by Crippen LogP contribution is -2.24. The van der Waals surface area contributed by atoms with Gasteiger partial charge in [0.05, 0.1) is 6.33 Å². The standard InChI is InChI=1S/C24H25N7O2/c1-29-12-25-23-21(29)24(32)31(13-26-23)11-19-27-22(28-33-19)20-17-9-30(10-18(17)20)16-7-6-14-4-2-3-5-15(14)8-16/h6-8,12-13,17-18,20H,2-5,9-11H2,1H3/t17-,18+,20-. The molecular formula is C24H25N7O2. The summed E-state index contributed by atoms with van der Waals surface area (Å²) in [6, 6.07) is 7.03. The summed E-state index contributed by atoms with van der Waals surface area (Å²) >= 11 is 0. The van der Waals surface area contributed by atoms with Crippen molar-refractivity contribution in [2.75, 3.05) is 18.0 Å². The van der Waals surface area contributed by atoms with Crippen LogP contribution in [0.3, 0.4) is 0 Å². The maximum Gasteiger partial charge on any atom is 0.280 e. The minimum atomic E-state index is -0.163. The van der Waals surface area contributed by atoms with Gasteiger partial charge >= 0.3 is 0 Å². The molecule has 1 saturated heterocycles. The van der Waals surface area contributed by atoms with E-state index >= 15 is 0 Å². The Balaban J connectivity index is 1.05. The van der Waals surface area contributed by atoms with Crippen LogP contribution in [0, 0.1) is 11.8 Å². The van der Waals surface area contributed by atoms with Gasteiger partial charge in [0, 0.05) is 31.7 Å². The van der Waals surface area contributed by atoms with Gasteiger partial charge < -0.3 is 14.0 Å². The highest BCUT2D eigenvalue weighted by atomic mass is 16.5. The second kappa shape index (κ2) is 7.00. The van der Waals surface area contributed by atoms with Crippen LogP contribution in [0.2, 0.25) is 0 Å². The number of aromatic nitrogens is 6. The van der Waals surface area contributed by atoms with E-state index in [1.54, 1.807) is 17.9 Å². The first kappa shape index (κ1) is 19.0. The fourth-order valence-corrected chi connectivity index (χ4v) is 5.83. The van der Waals surface area contributed by atoms with Gasteiger partial charge in [-0.1, -0.05) is 11.2 Å². The molecule has 2 fully saturated rings. The molecule has 0 bridgehead atoms. The van der Waals surface area contributed by atoms with Gasteiger partial charge in [-0.2, -0.15) is 4.98 Å². The van der Waals surface area contributed by atoms with Crippen LogP contribution in [0.4, 0.5) is 5.69 Å². The normalized spacial score (nSPS) is 23.7. The lowest BCUT2D eigenvalue weighted by molar-refractivity contribution is 0.363. The lowest BCUT2D eigenvalue weighted by Gasteiger charge is -2.24. The number of hydrogen-bond donors (Lipinski definition) is 0. The van der Waals surface area contributed by atoms with Crippen LogP contribution < -0.4 is 10.5 Å². The monoisotopic (exact) mass is 443 g/mol. The number of fused-ring (bicyclic) bond motifs is 3. The van der Waals surface area contributed by atoms with Crippen LogP contribution >= 0.6 is 0 Å². The molecule has 3 aromatic heterocycles. The maximum atomic E-state index is 12.8. The molecular weight excluding hydrogens is 418 g/mol. The second-order valence-corrected chi connectivity index (χ2v) is 9.67. The minimum absolute atomic E-state index is 0.163. The summed E-state index contributed by atoms with van der Waals surface area (Å²) in [6.45, 7) is 2.29. The first-order chi connectivity index (χ1) is 16.2. The van der Waals surface area contributed by atoms with Gasteiger partial charge in [-0.3, -0.25) is 9.36 Å². The summed E-state index contributed by atoms with van der Waals surface area (Å²) in [5, 5.41) is 4.25. The smallest absolute Gasteiger partial charge is 0.280 e. The van der Waals surface area contributed by atoms with Crippen molar-refractivity contribution in [3.05, 3.63) is 64.0 Å². The van der Waals surface area contributed by atoms with Crippen LogP contribution in [0.1, 0.15) is 41.6 Å². The molecule has 0 unspecified atom stereocenters. The maximum absolute atomic E-state index is 12.8. The Morgan fingerprint density at radius 3 is 2.70 bits per heavy atom. The number of imidazole rings is 1. The predicted molar refractivity (Wildman–Crippen MR) is 121 cm³/mol. The summed E-state index contributed by atoms with van der Waals surface area (Å²) in [6.07, 6.45) is 8.14. The van der Waals surface area contributed by atoms with Gasteiger partial charge in [0.2, 0.25) is 5.89 Å². The molecule has 0 radical (unpaired) electrons. The Hall–Kier alpha value is -3.49. The van der Waals surface area contributed by atoms with E-state index in [2.05, 4.69) is 43.2 Å². The summed E-state index contributed by atoms with van der Waals surface area (Å²) in [5.41, 5.74) is 5.17. The number of anilines is 1. The molecule has 0 spiro atoms. The van der Waals surface area contributed by atoms with E-state index in [4.69, 9.17) is 4.52 Å². The third-order valence-electron chi connectivity index (χ3n) is 7.68. The number of aryl methyl sites for hydroxylation is 3. The predicted octanol–water partition coefficient (Wildman–Crippen LogP) is 2.29. The Bertz CT molecular complexity index is 1420. The molecule has 168 valence electrons. The van der Waals surface area contributed by atoms with E-state index in [-0.39, 0.29) is 12.1 Å². The Labute approximate surface area is 190 Å². The number of hydrogen-bond acceptors (Lipinski definition) is 7. The first-order valence-corrected chi connectivity index (χ1v) is 11.7. The van der Waals surface area contributed by atoms with Crippen molar-refractivity contribution in [3.8, 4) is 0 Å². The van der Waals surface area contributed by atoms with Crippen LogP contribution in [0.5, 0.6) is 0 Å². The number of piperidine rings is 1. The molecule has 7 rings (SSSR count). The van der Waals surface area contributed by atoms with Crippen molar-refractivity contribution in [1.82, 2.24) is 29.2 Å². The highest BCUT2D eigenvalue weighted by molar-refractivity contribution is 5.68. The van der Waals surface area contributed by atoms with Gasteiger partial charge in [-0.05, 0) is 60.8 Å². The molecule has 3 atom stereocenters. The second-order valence-electron chi connectivity index (χ2n) is 9.67. The third kappa shape index (κ3) is 3.02. The molecule has 1 aliphatic heterocycles. The van der Waals surface area contributed by atoms with E-state index in [1.165, 1.54) is 53.4 Å². The zero-order valence-electron chi connectivity index (χ0n) is 18.5. The molecule has 1 saturated carbocycles. The van der Waals surface area contributed by atoms with Crippen molar-refractivity contribution in [3.63, 3.8) is 0 Å². The van der Waals surface area contributed by atoms with Crippen LogP contribution in [-0.2, 0) is 26.4 Å². The fourth-order valence-electron chi connectivity index (χ4n) is 5.83. The number of nitrogens with zero attached hydrogens (tertiary/aromatic N) is 7. The molecule has 4 heterocycles. The van der Waals surface area contributed by atoms with Gasteiger partial charge in [0.1, 0.15) is 12.9 Å². The molecule has 9 heteroatoms. The first-order valence-electron chi connectivity index (χ1n) is 11.7. The van der Waals surface area contributed by atoms with Crippen molar-refractivity contribution in [1.29, 1.82) is 0 Å². The summed E-state index contributed by atoms with van der Waals surface area (Å²) < 4.78 is 8.68. The molecule has 33 heavy (non-hydrogen) atoms. The summed E-state index contributed by atoms with van der Waals surface area (Å²) in [5.74, 6) is 2.70. The Morgan fingerprint density at radius 1 is 1.06 bits per heavy atom. The Kier molecular flexibility index (Phi) is 4.04. The highest BCUT2D eigenvalue weighted by Crippen LogP contribution is 2.58. The van der Waals surface area contributed by atoms with Gasteiger partial charge in [-0.25, -0.2) is 9.97 Å². The van der Waals surface area contributed by atoms with Crippen molar-refractivity contribution in [2.45, 2.75) is 38.1 Å². The Morgan fingerprint density at radius 2 is 1.85 bits per heavy atom. The van der Waals surface area contributed by atoms with E-state index in [0.717, 1.165) is 18.9 Å². The van der Waals surface area contributed by atoms with Crippen LogP contribution in [0.15, 0.2) is 40.2 Å². The zero-order valence-corrected chi connectivity index (χ0v) is 18.5. The van der Waals surface area contributed by atoms with E-state index < -0.39 is 0 Å². The summed E-state index contributed by atoms with van der Waals surface area (Å²) in [7, 11) is 1.78. The quantitative estimate of drug-likeness (QED) is 0.478. The molecule has 1 aromatic carbocycles. The fraction of sp³-hybridized carbons (Fsp3) is 0.458. The van der Waals surface area contributed by atoms with Crippen LogP contribution in [-0.4, -0.2) is 42.3 Å². The van der Waals surface area contributed by atoms with Crippen molar-refractivity contribution in [2.24, 2.45) is 18.9 Å². The topological polar surface area (TPSA) is 94.9 Å². The van der Waals surface area contributed by atoms with Crippen molar-refractivity contribution >= 4 is 16.9 Å². The largest absolute Gasteiger partial charge is 0.371 e. The highest BCUT2D eigenvalue weighted by Gasteiger charge is 2.58. The summed E-state index contributed by atoms with van der Waals surface area (Å²) in [4.78, 5) is 28.3. The third-order valence-corrected chi connectivity index (χ3v) is 7.68. The average Bonchev–Trinajstić information content (AvgIpc) is 3.24. The zero-order chi connectivity index (χ0) is 22.1. The number of benzene rings is 1. The van der Waals surface area contributed by atoms with Gasteiger partial charge in [-0.15, -0.1) is 0 Å². The minimum Gasteiger partial charge on any atom is -0.371 e. The molecule has 9 nitrogen and oxygen atoms in total. The molecule has 3 aliphatic rings. The van der Waals surface area contributed by atoms with Gasteiger partial charge in [0.15, 0.2) is 17.0 Å². The van der Waals surface area contributed by atoms with E-state index in [1.807, 2.05) is 0 Å². The molecule has 2 aliphatic carbocycles. The van der Waals surface area contributed by atoms with Gasteiger partial charge in [0.25, 0.3) is 5.56 Å². The van der Waals surface area contributed by atoms with Crippen LogP contribution in [0.25, 0.3) is 11.2 Å². The molecule has 0 N–H and O–H groups in total.